The molecule has 0 aliphatic rings. The summed E-state index contributed by atoms with van der Waals surface area (Å²) in [5, 5.41) is 13.6. The highest BCUT2D eigenvalue weighted by Crippen LogP contribution is 2.25. The summed E-state index contributed by atoms with van der Waals surface area (Å²) in [5.74, 6) is 1.09. The molecule has 2 unspecified atom stereocenters. The van der Waals surface area contributed by atoms with Crippen LogP contribution in [-0.2, 0) is 0 Å². The van der Waals surface area contributed by atoms with E-state index in [0.29, 0.717) is 6.54 Å². The van der Waals surface area contributed by atoms with Gasteiger partial charge < -0.3 is 15.2 Å². The molecule has 1 aromatic carbocycles. The Bertz CT molecular complexity index is 375. The lowest BCUT2D eigenvalue weighted by Crippen LogP contribution is -2.43. The van der Waals surface area contributed by atoms with Crippen molar-refractivity contribution in [2.45, 2.75) is 39.3 Å². The van der Waals surface area contributed by atoms with Crippen LogP contribution in [0.25, 0.3) is 0 Å². The van der Waals surface area contributed by atoms with Crippen molar-refractivity contribution in [2.75, 3.05) is 13.7 Å². The van der Waals surface area contributed by atoms with Gasteiger partial charge in [-0.2, -0.15) is 0 Å². The van der Waals surface area contributed by atoms with E-state index in [1.807, 2.05) is 45.0 Å². The van der Waals surface area contributed by atoms with E-state index in [2.05, 4.69) is 12.2 Å². The summed E-state index contributed by atoms with van der Waals surface area (Å²) >= 11 is 0. The lowest BCUT2D eigenvalue weighted by atomic mass is 9.92. The number of para-hydroxylation sites is 1. The van der Waals surface area contributed by atoms with Crippen molar-refractivity contribution < 1.29 is 9.84 Å². The Hall–Kier alpha value is -1.06. The zero-order chi connectivity index (χ0) is 13.8. The first kappa shape index (κ1) is 15.0. The maximum Gasteiger partial charge on any atom is 0.123 e. The van der Waals surface area contributed by atoms with Gasteiger partial charge in [0.05, 0.1) is 12.7 Å². The number of aliphatic hydroxyl groups is 1. The molecular weight excluding hydrogens is 226 g/mol. The number of ether oxygens (including phenoxy) is 1. The van der Waals surface area contributed by atoms with E-state index < -0.39 is 5.60 Å². The van der Waals surface area contributed by atoms with E-state index in [9.17, 15) is 5.11 Å². The molecule has 0 spiro atoms. The molecule has 2 atom stereocenters. The minimum absolute atomic E-state index is 0.145. The molecule has 0 aliphatic heterocycles. The van der Waals surface area contributed by atoms with Gasteiger partial charge in [-0.05, 0) is 25.8 Å². The number of hydrogen-bond donors (Lipinski definition) is 2. The average Bonchev–Trinajstić information content (AvgIpc) is 2.35. The molecule has 102 valence electrons. The monoisotopic (exact) mass is 251 g/mol. The third kappa shape index (κ3) is 3.72. The molecule has 0 aromatic heterocycles. The van der Waals surface area contributed by atoms with Gasteiger partial charge in [0.25, 0.3) is 0 Å². The summed E-state index contributed by atoms with van der Waals surface area (Å²) in [6.07, 6.45) is 0. The topological polar surface area (TPSA) is 41.5 Å². The molecule has 0 heterocycles. The lowest BCUT2D eigenvalue weighted by molar-refractivity contribution is 0.0121. The SMILES string of the molecule is COc1ccccc1C(C)NCC(C)(O)C(C)C. The zero-order valence-electron chi connectivity index (χ0n) is 12.0. The molecule has 0 saturated heterocycles. The standard InChI is InChI=1S/C15H25NO2/c1-11(2)15(4,17)10-16-12(3)13-8-6-7-9-14(13)18-5/h6-9,11-12,16-17H,10H2,1-5H3. The molecule has 0 radical (unpaired) electrons. The number of nitrogens with one attached hydrogen (secondary N) is 1. The van der Waals surface area contributed by atoms with E-state index in [-0.39, 0.29) is 12.0 Å². The Labute approximate surface area is 110 Å². The normalized spacial score (nSPS) is 16.4. The fourth-order valence-corrected chi connectivity index (χ4v) is 1.70. The molecule has 18 heavy (non-hydrogen) atoms. The first-order chi connectivity index (χ1) is 8.38. The van der Waals surface area contributed by atoms with Crippen LogP contribution >= 0.6 is 0 Å². The quantitative estimate of drug-likeness (QED) is 0.817. The zero-order valence-corrected chi connectivity index (χ0v) is 12.0. The van der Waals surface area contributed by atoms with Crippen molar-refractivity contribution in [3.8, 4) is 5.75 Å². The summed E-state index contributed by atoms with van der Waals surface area (Å²) in [4.78, 5) is 0. The van der Waals surface area contributed by atoms with Gasteiger partial charge >= 0.3 is 0 Å². The van der Waals surface area contributed by atoms with Crippen LogP contribution in [-0.4, -0.2) is 24.4 Å². The Morgan fingerprint density at radius 3 is 2.44 bits per heavy atom. The molecule has 3 heteroatoms. The Kier molecular flexibility index (Phi) is 5.17. The van der Waals surface area contributed by atoms with Gasteiger partial charge in [0.15, 0.2) is 0 Å². The second-order valence-corrected chi connectivity index (χ2v) is 5.36. The van der Waals surface area contributed by atoms with E-state index in [4.69, 9.17) is 4.74 Å². The molecule has 0 fully saturated rings. The van der Waals surface area contributed by atoms with Crippen LogP contribution in [0.5, 0.6) is 5.75 Å². The van der Waals surface area contributed by atoms with Crippen molar-refractivity contribution in [3.05, 3.63) is 29.8 Å². The second-order valence-electron chi connectivity index (χ2n) is 5.36. The summed E-state index contributed by atoms with van der Waals surface area (Å²) in [6, 6.07) is 8.09. The molecule has 0 bridgehead atoms. The Morgan fingerprint density at radius 2 is 1.89 bits per heavy atom. The molecule has 2 N–H and O–H groups in total. The number of rotatable bonds is 6. The van der Waals surface area contributed by atoms with Crippen molar-refractivity contribution >= 4 is 0 Å². The first-order valence-corrected chi connectivity index (χ1v) is 6.47. The van der Waals surface area contributed by atoms with Crippen LogP contribution in [0.3, 0.4) is 0 Å². The maximum absolute atomic E-state index is 10.2. The van der Waals surface area contributed by atoms with Gasteiger partial charge in [-0.1, -0.05) is 32.0 Å². The average molecular weight is 251 g/mol. The lowest BCUT2D eigenvalue weighted by Gasteiger charge is -2.30. The van der Waals surface area contributed by atoms with Gasteiger partial charge in [-0.15, -0.1) is 0 Å². The molecule has 0 saturated carbocycles. The van der Waals surface area contributed by atoms with Crippen molar-refractivity contribution in [2.24, 2.45) is 5.92 Å². The molecule has 3 nitrogen and oxygen atoms in total. The highest BCUT2D eigenvalue weighted by atomic mass is 16.5. The number of benzene rings is 1. The highest BCUT2D eigenvalue weighted by molar-refractivity contribution is 5.35. The van der Waals surface area contributed by atoms with Crippen LogP contribution in [0.15, 0.2) is 24.3 Å². The smallest absolute Gasteiger partial charge is 0.123 e. The van der Waals surface area contributed by atoms with Gasteiger partial charge in [0, 0.05) is 18.2 Å². The summed E-state index contributed by atoms with van der Waals surface area (Å²) < 4.78 is 5.34. The first-order valence-electron chi connectivity index (χ1n) is 6.47. The Morgan fingerprint density at radius 1 is 1.28 bits per heavy atom. The fraction of sp³-hybridized carbons (Fsp3) is 0.600. The minimum atomic E-state index is -0.698. The van der Waals surface area contributed by atoms with E-state index in [1.165, 1.54) is 0 Å². The molecule has 1 rings (SSSR count). The predicted octanol–water partition coefficient (Wildman–Crippen LogP) is 2.75. The fourth-order valence-electron chi connectivity index (χ4n) is 1.70. The number of methoxy groups -OCH3 is 1. The summed E-state index contributed by atoms with van der Waals surface area (Å²) in [6.45, 7) is 8.54. The Balaban J connectivity index is 2.68. The summed E-state index contributed by atoms with van der Waals surface area (Å²) in [5.41, 5.74) is 0.413. The third-order valence-corrected chi connectivity index (χ3v) is 3.62. The minimum Gasteiger partial charge on any atom is -0.496 e. The number of hydrogen-bond acceptors (Lipinski definition) is 3. The van der Waals surface area contributed by atoms with Crippen LogP contribution in [0.1, 0.15) is 39.3 Å². The van der Waals surface area contributed by atoms with Gasteiger partial charge in [0.2, 0.25) is 0 Å². The molecule has 1 aromatic rings. The van der Waals surface area contributed by atoms with Crippen LogP contribution in [0.4, 0.5) is 0 Å². The highest BCUT2D eigenvalue weighted by Gasteiger charge is 2.25. The van der Waals surface area contributed by atoms with Gasteiger partial charge in [-0.25, -0.2) is 0 Å². The van der Waals surface area contributed by atoms with E-state index in [1.54, 1.807) is 7.11 Å². The third-order valence-electron chi connectivity index (χ3n) is 3.62. The molecule has 0 amide bonds. The van der Waals surface area contributed by atoms with E-state index >= 15 is 0 Å². The predicted molar refractivity (Wildman–Crippen MR) is 74.9 cm³/mol. The maximum atomic E-state index is 10.2. The van der Waals surface area contributed by atoms with Gasteiger partial charge in [-0.3, -0.25) is 0 Å². The van der Waals surface area contributed by atoms with E-state index in [0.717, 1.165) is 11.3 Å². The van der Waals surface area contributed by atoms with Crippen LogP contribution in [0, 0.1) is 5.92 Å². The van der Waals surface area contributed by atoms with Crippen molar-refractivity contribution in [1.29, 1.82) is 0 Å². The summed E-state index contributed by atoms with van der Waals surface area (Å²) in [7, 11) is 1.68. The van der Waals surface area contributed by atoms with Crippen molar-refractivity contribution in [3.63, 3.8) is 0 Å². The largest absolute Gasteiger partial charge is 0.496 e. The van der Waals surface area contributed by atoms with Crippen LogP contribution < -0.4 is 10.1 Å². The molecular formula is C15H25NO2. The van der Waals surface area contributed by atoms with Gasteiger partial charge in [0.1, 0.15) is 5.75 Å². The second kappa shape index (κ2) is 6.21. The van der Waals surface area contributed by atoms with Crippen LogP contribution in [0.2, 0.25) is 0 Å². The molecule has 0 aliphatic carbocycles. The van der Waals surface area contributed by atoms with Crippen molar-refractivity contribution in [1.82, 2.24) is 5.32 Å².